The average molecular weight is 260 g/mol. The topological polar surface area (TPSA) is 88.4 Å². The summed E-state index contributed by atoms with van der Waals surface area (Å²) in [5.74, 6) is -0.182. The van der Waals surface area contributed by atoms with Crippen LogP contribution in [0, 0.1) is 0 Å². The molecule has 1 aromatic heterocycles. The highest BCUT2D eigenvalue weighted by Crippen LogP contribution is 2.04. The number of carbonyl (C=O) groups excluding carboxylic acids is 1. The molecule has 1 amide bonds. The lowest BCUT2D eigenvalue weighted by Crippen LogP contribution is -2.50. The Morgan fingerprint density at radius 3 is 2.59 bits per heavy atom. The largest absolute Gasteiger partial charge is 0.459 e. The van der Waals surface area contributed by atoms with E-state index in [-0.39, 0.29) is 18.2 Å². The summed E-state index contributed by atoms with van der Waals surface area (Å²) in [5, 5.41) is 2.59. The van der Waals surface area contributed by atoms with E-state index in [4.69, 9.17) is 4.42 Å². The fourth-order valence-electron chi connectivity index (χ4n) is 1.33. The van der Waals surface area contributed by atoms with Gasteiger partial charge in [-0.1, -0.05) is 0 Å². The fraction of sp³-hybridized carbons (Fsp3) is 0.500. The van der Waals surface area contributed by atoms with Gasteiger partial charge in [0.2, 0.25) is 10.0 Å². The van der Waals surface area contributed by atoms with Crippen LogP contribution >= 0.6 is 0 Å². The van der Waals surface area contributed by atoms with Gasteiger partial charge in [-0.15, -0.1) is 0 Å². The zero-order valence-corrected chi connectivity index (χ0v) is 10.8. The third-order valence-electron chi connectivity index (χ3n) is 1.90. The number of sulfonamides is 1. The summed E-state index contributed by atoms with van der Waals surface area (Å²) in [7, 11) is -3.31. The number of furan rings is 1. The van der Waals surface area contributed by atoms with Gasteiger partial charge in [-0.2, -0.15) is 0 Å². The van der Waals surface area contributed by atoms with Gasteiger partial charge in [0.1, 0.15) is 0 Å². The number of nitrogens with one attached hydrogen (secondary N) is 2. The van der Waals surface area contributed by atoms with Crippen molar-refractivity contribution in [2.45, 2.75) is 19.4 Å². The highest BCUT2D eigenvalue weighted by molar-refractivity contribution is 7.88. The van der Waals surface area contributed by atoms with E-state index in [1.54, 1.807) is 19.9 Å². The van der Waals surface area contributed by atoms with Crippen molar-refractivity contribution in [1.82, 2.24) is 10.0 Å². The Morgan fingerprint density at radius 1 is 1.47 bits per heavy atom. The Morgan fingerprint density at radius 2 is 2.12 bits per heavy atom. The molecule has 0 saturated heterocycles. The Hall–Kier alpha value is -1.34. The first-order valence-corrected chi connectivity index (χ1v) is 6.89. The highest BCUT2D eigenvalue weighted by Gasteiger charge is 2.23. The molecule has 96 valence electrons. The van der Waals surface area contributed by atoms with Crippen molar-refractivity contribution >= 4 is 15.9 Å². The smallest absolute Gasteiger partial charge is 0.287 e. The van der Waals surface area contributed by atoms with Crippen LogP contribution in [0.5, 0.6) is 0 Å². The maximum Gasteiger partial charge on any atom is 0.287 e. The molecule has 0 aliphatic rings. The van der Waals surface area contributed by atoms with Crippen molar-refractivity contribution in [2.75, 3.05) is 12.8 Å². The van der Waals surface area contributed by atoms with E-state index in [9.17, 15) is 13.2 Å². The fourth-order valence-corrected chi connectivity index (χ4v) is 2.41. The lowest BCUT2D eigenvalue weighted by Gasteiger charge is -2.24. The van der Waals surface area contributed by atoms with Crippen LogP contribution in [0.1, 0.15) is 24.4 Å². The molecule has 0 saturated carbocycles. The number of amides is 1. The molecule has 0 aliphatic carbocycles. The molecule has 0 unspecified atom stereocenters. The maximum absolute atomic E-state index is 11.5. The SMILES string of the molecule is CC(C)(CNC(=O)c1ccco1)NS(C)(=O)=O. The molecule has 0 bridgehead atoms. The Bertz CT molecular complexity index is 476. The zero-order valence-electron chi connectivity index (χ0n) is 9.98. The quantitative estimate of drug-likeness (QED) is 0.799. The summed E-state index contributed by atoms with van der Waals surface area (Å²) in [6.07, 6.45) is 2.47. The van der Waals surface area contributed by atoms with Gasteiger partial charge in [-0.3, -0.25) is 4.79 Å². The van der Waals surface area contributed by atoms with Gasteiger partial charge in [-0.05, 0) is 26.0 Å². The Kier molecular flexibility index (Phi) is 3.94. The summed E-state index contributed by atoms with van der Waals surface area (Å²) in [4.78, 5) is 11.5. The molecule has 0 aromatic carbocycles. The van der Waals surface area contributed by atoms with Gasteiger partial charge in [0.25, 0.3) is 5.91 Å². The lowest BCUT2D eigenvalue weighted by atomic mass is 10.1. The van der Waals surface area contributed by atoms with Crippen LogP contribution in [0.15, 0.2) is 22.8 Å². The van der Waals surface area contributed by atoms with Crippen LogP contribution in [-0.2, 0) is 10.0 Å². The first-order valence-electron chi connectivity index (χ1n) is 5.00. The van der Waals surface area contributed by atoms with E-state index < -0.39 is 15.6 Å². The summed E-state index contributed by atoms with van der Waals surface area (Å²) in [6, 6.07) is 3.14. The predicted molar refractivity (Wildman–Crippen MR) is 63.1 cm³/mol. The van der Waals surface area contributed by atoms with E-state index in [0.717, 1.165) is 6.26 Å². The second kappa shape index (κ2) is 4.89. The molecule has 7 heteroatoms. The normalized spacial score (nSPS) is 12.4. The van der Waals surface area contributed by atoms with Crippen molar-refractivity contribution in [2.24, 2.45) is 0 Å². The van der Waals surface area contributed by atoms with Gasteiger partial charge in [0.15, 0.2) is 5.76 Å². The highest BCUT2D eigenvalue weighted by atomic mass is 32.2. The van der Waals surface area contributed by atoms with E-state index in [1.807, 2.05) is 0 Å². The minimum atomic E-state index is -3.31. The number of rotatable bonds is 5. The molecule has 1 heterocycles. The molecule has 0 spiro atoms. The van der Waals surface area contributed by atoms with E-state index >= 15 is 0 Å². The van der Waals surface area contributed by atoms with E-state index in [1.165, 1.54) is 12.3 Å². The second-order valence-corrected chi connectivity index (χ2v) is 6.17. The van der Waals surface area contributed by atoms with Gasteiger partial charge in [0.05, 0.1) is 12.5 Å². The summed E-state index contributed by atoms with van der Waals surface area (Å²) in [5.41, 5.74) is -0.754. The number of hydrogen-bond acceptors (Lipinski definition) is 4. The van der Waals surface area contributed by atoms with Gasteiger partial charge in [-0.25, -0.2) is 13.1 Å². The minimum absolute atomic E-state index is 0.166. The Balaban J connectivity index is 2.53. The van der Waals surface area contributed by atoms with Crippen LogP contribution in [0.25, 0.3) is 0 Å². The minimum Gasteiger partial charge on any atom is -0.459 e. The van der Waals surface area contributed by atoms with Gasteiger partial charge < -0.3 is 9.73 Å². The van der Waals surface area contributed by atoms with Crippen LogP contribution in [-0.4, -0.2) is 32.7 Å². The standard InChI is InChI=1S/C10H16N2O4S/c1-10(2,12-17(3,14)15)7-11-9(13)8-5-4-6-16-8/h4-6,12H,7H2,1-3H3,(H,11,13). The van der Waals surface area contributed by atoms with E-state index in [2.05, 4.69) is 10.0 Å². The summed E-state index contributed by atoms with van der Waals surface area (Å²) < 4.78 is 29.5. The third-order valence-corrected chi connectivity index (χ3v) is 2.82. The van der Waals surface area contributed by atoms with Gasteiger partial charge >= 0.3 is 0 Å². The Labute approximate surface area is 100 Å². The average Bonchev–Trinajstić information content (AvgIpc) is 2.63. The second-order valence-electron chi connectivity index (χ2n) is 4.42. The molecule has 1 rings (SSSR count). The first kappa shape index (κ1) is 13.7. The van der Waals surface area contributed by atoms with Crippen molar-refractivity contribution in [3.05, 3.63) is 24.2 Å². The number of carbonyl (C=O) groups is 1. The van der Waals surface area contributed by atoms with Gasteiger partial charge in [0, 0.05) is 12.1 Å². The van der Waals surface area contributed by atoms with E-state index in [0.29, 0.717) is 0 Å². The van der Waals surface area contributed by atoms with Crippen LogP contribution in [0.3, 0.4) is 0 Å². The van der Waals surface area contributed by atoms with Crippen molar-refractivity contribution in [3.8, 4) is 0 Å². The lowest BCUT2D eigenvalue weighted by molar-refractivity contribution is 0.0916. The maximum atomic E-state index is 11.5. The molecular formula is C10H16N2O4S. The first-order chi connectivity index (χ1) is 7.70. The van der Waals surface area contributed by atoms with Crippen molar-refractivity contribution in [3.63, 3.8) is 0 Å². The van der Waals surface area contributed by atoms with Crippen molar-refractivity contribution < 1.29 is 17.6 Å². The zero-order chi connectivity index (χ0) is 13.1. The monoisotopic (exact) mass is 260 g/mol. The molecule has 2 N–H and O–H groups in total. The van der Waals surface area contributed by atoms with Crippen LogP contribution < -0.4 is 10.0 Å². The molecule has 0 aliphatic heterocycles. The molecule has 6 nitrogen and oxygen atoms in total. The summed E-state index contributed by atoms with van der Waals surface area (Å²) >= 11 is 0. The molecule has 0 atom stereocenters. The molecule has 0 fully saturated rings. The predicted octanol–water partition coefficient (Wildman–Crippen LogP) is 0.337. The summed E-state index contributed by atoms with van der Waals surface area (Å²) in [6.45, 7) is 3.52. The van der Waals surface area contributed by atoms with Crippen LogP contribution in [0.4, 0.5) is 0 Å². The van der Waals surface area contributed by atoms with Crippen molar-refractivity contribution in [1.29, 1.82) is 0 Å². The molecule has 1 aromatic rings. The molecular weight excluding hydrogens is 244 g/mol. The van der Waals surface area contributed by atoms with Crippen LogP contribution in [0.2, 0.25) is 0 Å². The molecule has 0 radical (unpaired) electrons. The third kappa shape index (κ3) is 5.01. The number of hydrogen-bond donors (Lipinski definition) is 2. The molecule has 17 heavy (non-hydrogen) atoms.